The molecule has 2 heterocycles. The van der Waals surface area contributed by atoms with Gasteiger partial charge in [0.1, 0.15) is 0 Å². The van der Waals surface area contributed by atoms with Crippen molar-refractivity contribution in [1.29, 1.82) is 0 Å². The highest BCUT2D eigenvalue weighted by atomic mass is 16.5. The molecular weight excluding hydrogens is 242 g/mol. The lowest BCUT2D eigenvalue weighted by molar-refractivity contribution is 0.0730. The van der Waals surface area contributed by atoms with E-state index < -0.39 is 0 Å². The fourth-order valence-corrected chi connectivity index (χ4v) is 2.32. The van der Waals surface area contributed by atoms with Crippen LogP contribution in [0.3, 0.4) is 0 Å². The van der Waals surface area contributed by atoms with Gasteiger partial charge in [-0.15, -0.1) is 0 Å². The summed E-state index contributed by atoms with van der Waals surface area (Å²) < 4.78 is 5.12. The maximum atomic E-state index is 12.3. The lowest BCUT2D eigenvalue weighted by Crippen LogP contribution is -2.30. The Morgan fingerprint density at radius 1 is 1.37 bits per heavy atom. The van der Waals surface area contributed by atoms with Gasteiger partial charge in [-0.2, -0.15) is 0 Å². The molecule has 1 aromatic carbocycles. The van der Waals surface area contributed by atoms with E-state index in [4.69, 9.17) is 10.3 Å². The van der Waals surface area contributed by atoms with Crippen molar-refractivity contribution in [2.75, 3.05) is 5.73 Å². The first-order valence-corrected chi connectivity index (χ1v) is 6.22. The van der Waals surface area contributed by atoms with Crippen LogP contribution in [-0.2, 0) is 6.54 Å². The van der Waals surface area contributed by atoms with Gasteiger partial charge >= 0.3 is 0 Å². The summed E-state index contributed by atoms with van der Waals surface area (Å²) >= 11 is 0. The molecular formula is C14H15N3O2. The minimum atomic E-state index is 0.0688. The molecule has 5 nitrogen and oxygen atoms in total. The number of aromatic nitrogens is 1. The minimum Gasteiger partial charge on any atom is -0.381 e. The van der Waals surface area contributed by atoms with Crippen LogP contribution in [0.1, 0.15) is 29.8 Å². The van der Waals surface area contributed by atoms with Gasteiger partial charge in [0.15, 0.2) is 11.6 Å². The Kier molecular flexibility index (Phi) is 2.55. The predicted octanol–water partition coefficient (Wildman–Crippen LogP) is 2.29. The van der Waals surface area contributed by atoms with Crippen LogP contribution >= 0.6 is 0 Å². The van der Waals surface area contributed by atoms with Crippen LogP contribution in [0.5, 0.6) is 0 Å². The van der Waals surface area contributed by atoms with E-state index in [1.807, 2.05) is 36.9 Å². The fraction of sp³-hybridized carbons (Fsp3) is 0.286. The van der Waals surface area contributed by atoms with Crippen LogP contribution in [0, 0.1) is 0 Å². The molecule has 0 radical (unpaired) electrons. The number of nitrogen functional groups attached to an aromatic ring is 1. The van der Waals surface area contributed by atoms with Crippen LogP contribution in [0.4, 0.5) is 5.82 Å². The SMILES string of the molecule is CC(C)N1Cc2ccc(-c3cc(N)no3)cc2C1=O. The third-order valence-electron chi connectivity index (χ3n) is 3.38. The first-order valence-electron chi connectivity index (χ1n) is 6.22. The summed E-state index contributed by atoms with van der Waals surface area (Å²) in [4.78, 5) is 14.1. The lowest BCUT2D eigenvalue weighted by atomic mass is 10.0. The number of rotatable bonds is 2. The molecule has 1 aliphatic rings. The Labute approximate surface area is 111 Å². The van der Waals surface area contributed by atoms with Crippen molar-refractivity contribution in [2.24, 2.45) is 0 Å². The van der Waals surface area contributed by atoms with Gasteiger partial charge in [-0.3, -0.25) is 4.79 Å². The number of nitrogens with two attached hydrogens (primary N) is 1. The van der Waals surface area contributed by atoms with Gasteiger partial charge in [0, 0.05) is 29.8 Å². The summed E-state index contributed by atoms with van der Waals surface area (Å²) in [5.74, 6) is 0.987. The Balaban J connectivity index is 2.01. The third kappa shape index (κ3) is 1.87. The monoisotopic (exact) mass is 257 g/mol. The number of hydrogen-bond donors (Lipinski definition) is 1. The molecule has 1 aromatic heterocycles. The molecule has 0 fully saturated rings. The molecule has 2 aromatic rings. The number of hydrogen-bond acceptors (Lipinski definition) is 4. The first kappa shape index (κ1) is 11.8. The van der Waals surface area contributed by atoms with Crippen LogP contribution in [0.15, 0.2) is 28.8 Å². The Morgan fingerprint density at radius 3 is 2.79 bits per heavy atom. The van der Waals surface area contributed by atoms with E-state index in [1.54, 1.807) is 6.07 Å². The summed E-state index contributed by atoms with van der Waals surface area (Å²) in [6.07, 6.45) is 0. The molecule has 0 saturated heterocycles. The van der Waals surface area contributed by atoms with Crippen LogP contribution in [-0.4, -0.2) is 22.0 Å². The Morgan fingerprint density at radius 2 is 2.16 bits per heavy atom. The minimum absolute atomic E-state index is 0.0688. The summed E-state index contributed by atoms with van der Waals surface area (Å²) in [6, 6.07) is 7.59. The molecule has 1 aliphatic heterocycles. The van der Waals surface area contributed by atoms with E-state index in [-0.39, 0.29) is 11.9 Å². The topological polar surface area (TPSA) is 72.4 Å². The van der Waals surface area contributed by atoms with E-state index in [0.29, 0.717) is 18.1 Å². The molecule has 0 spiro atoms. The third-order valence-corrected chi connectivity index (χ3v) is 3.38. The second-order valence-corrected chi connectivity index (χ2v) is 5.01. The molecule has 1 amide bonds. The van der Waals surface area contributed by atoms with Crippen molar-refractivity contribution >= 4 is 11.7 Å². The van der Waals surface area contributed by atoms with E-state index in [2.05, 4.69) is 5.16 Å². The Hall–Kier alpha value is -2.30. The van der Waals surface area contributed by atoms with Crippen molar-refractivity contribution in [3.05, 3.63) is 35.4 Å². The van der Waals surface area contributed by atoms with Crippen LogP contribution in [0.25, 0.3) is 11.3 Å². The highest BCUT2D eigenvalue weighted by Gasteiger charge is 2.29. The average Bonchev–Trinajstić information content (AvgIpc) is 2.94. The van der Waals surface area contributed by atoms with E-state index in [1.165, 1.54) is 0 Å². The molecule has 19 heavy (non-hydrogen) atoms. The molecule has 0 aliphatic carbocycles. The van der Waals surface area contributed by atoms with Crippen LogP contribution < -0.4 is 5.73 Å². The second-order valence-electron chi connectivity index (χ2n) is 5.01. The number of fused-ring (bicyclic) bond motifs is 1. The number of amides is 1. The Bertz CT molecular complexity index is 646. The van der Waals surface area contributed by atoms with Gasteiger partial charge in [0.05, 0.1) is 0 Å². The summed E-state index contributed by atoms with van der Waals surface area (Å²) in [5.41, 5.74) is 8.15. The van der Waals surface area contributed by atoms with Crippen molar-refractivity contribution in [1.82, 2.24) is 10.1 Å². The van der Waals surface area contributed by atoms with Gasteiger partial charge in [-0.1, -0.05) is 17.3 Å². The zero-order valence-corrected chi connectivity index (χ0v) is 10.9. The number of carbonyl (C=O) groups excluding carboxylic acids is 1. The van der Waals surface area contributed by atoms with Gasteiger partial charge in [-0.25, -0.2) is 0 Å². The second kappa shape index (κ2) is 4.12. The van der Waals surface area contributed by atoms with Gasteiger partial charge in [0.2, 0.25) is 0 Å². The van der Waals surface area contributed by atoms with Crippen LogP contribution in [0.2, 0.25) is 0 Å². The summed E-state index contributed by atoms with van der Waals surface area (Å²) in [5, 5.41) is 3.66. The number of benzene rings is 1. The van der Waals surface area contributed by atoms with E-state index in [0.717, 1.165) is 16.7 Å². The first-order chi connectivity index (χ1) is 9.06. The lowest BCUT2D eigenvalue weighted by Gasteiger charge is -2.19. The van der Waals surface area contributed by atoms with Crippen molar-refractivity contribution < 1.29 is 9.32 Å². The highest BCUT2D eigenvalue weighted by molar-refractivity contribution is 5.99. The zero-order valence-electron chi connectivity index (χ0n) is 10.9. The smallest absolute Gasteiger partial charge is 0.254 e. The standard InChI is InChI=1S/C14H15N3O2/c1-8(2)17-7-10-4-3-9(5-11(10)14(17)18)12-6-13(15)16-19-12/h3-6,8H,7H2,1-2H3,(H2,15,16). The molecule has 3 rings (SSSR count). The largest absolute Gasteiger partial charge is 0.381 e. The molecule has 0 bridgehead atoms. The van der Waals surface area contributed by atoms with Gasteiger partial charge < -0.3 is 15.2 Å². The summed E-state index contributed by atoms with van der Waals surface area (Å²) in [6.45, 7) is 4.70. The number of nitrogens with zero attached hydrogens (tertiary/aromatic N) is 2. The zero-order chi connectivity index (χ0) is 13.6. The molecule has 5 heteroatoms. The fourth-order valence-electron chi connectivity index (χ4n) is 2.32. The number of anilines is 1. The van der Waals surface area contributed by atoms with Crippen molar-refractivity contribution in [3.63, 3.8) is 0 Å². The maximum Gasteiger partial charge on any atom is 0.254 e. The molecule has 2 N–H and O–H groups in total. The van der Waals surface area contributed by atoms with Crippen molar-refractivity contribution in [2.45, 2.75) is 26.4 Å². The maximum absolute atomic E-state index is 12.3. The highest BCUT2D eigenvalue weighted by Crippen LogP contribution is 2.30. The molecule has 98 valence electrons. The average molecular weight is 257 g/mol. The molecule has 0 unspecified atom stereocenters. The quantitative estimate of drug-likeness (QED) is 0.895. The van der Waals surface area contributed by atoms with Gasteiger partial charge in [-0.05, 0) is 25.5 Å². The number of carbonyl (C=O) groups is 1. The van der Waals surface area contributed by atoms with Crippen molar-refractivity contribution in [3.8, 4) is 11.3 Å². The van der Waals surface area contributed by atoms with E-state index in [9.17, 15) is 4.79 Å². The van der Waals surface area contributed by atoms with E-state index >= 15 is 0 Å². The normalized spacial score (nSPS) is 14.3. The predicted molar refractivity (Wildman–Crippen MR) is 71.4 cm³/mol. The molecule has 0 saturated carbocycles. The summed E-state index contributed by atoms with van der Waals surface area (Å²) in [7, 11) is 0. The molecule has 0 atom stereocenters. The van der Waals surface area contributed by atoms with Gasteiger partial charge in [0.25, 0.3) is 5.91 Å².